The van der Waals surface area contributed by atoms with Crippen LogP contribution in [0.2, 0.25) is 5.02 Å². The molecule has 5 rings (SSSR count). The quantitative estimate of drug-likeness (QED) is 0.621. The first-order valence-electron chi connectivity index (χ1n) is 9.68. The lowest BCUT2D eigenvalue weighted by Crippen LogP contribution is -2.49. The Kier molecular flexibility index (Phi) is 4.86. The van der Waals surface area contributed by atoms with Gasteiger partial charge in [-0.15, -0.1) is 0 Å². The number of amidine groups is 1. The summed E-state index contributed by atoms with van der Waals surface area (Å²) in [5, 5.41) is 0.622. The number of aliphatic imine (C=N–C) groups is 1. The molecule has 0 amide bonds. The number of halogens is 3. The van der Waals surface area contributed by atoms with Crippen molar-refractivity contribution in [3.05, 3.63) is 53.3 Å². The zero-order valence-electron chi connectivity index (χ0n) is 16.0. The molecule has 0 atom stereocenters. The molecule has 1 fully saturated rings. The summed E-state index contributed by atoms with van der Waals surface area (Å²) in [5.74, 6) is -0.589. The van der Waals surface area contributed by atoms with Gasteiger partial charge in [-0.2, -0.15) is 0 Å². The molecule has 154 valence electrons. The van der Waals surface area contributed by atoms with Crippen LogP contribution in [0.1, 0.15) is 0 Å². The average Bonchev–Trinajstić information content (AvgIpc) is 3.30. The Bertz CT molecular complexity index is 1150. The molecule has 0 spiro atoms. The fourth-order valence-corrected chi connectivity index (χ4v) is 4.20. The maximum atomic E-state index is 15.4. The van der Waals surface area contributed by atoms with Crippen LogP contribution >= 0.6 is 11.6 Å². The summed E-state index contributed by atoms with van der Waals surface area (Å²) >= 11 is 6.41. The number of hydrogen-bond donors (Lipinski definition) is 0. The summed E-state index contributed by atoms with van der Waals surface area (Å²) in [6, 6.07) is 8.27. The second-order valence-electron chi connectivity index (χ2n) is 7.11. The summed E-state index contributed by atoms with van der Waals surface area (Å²) < 4.78 is 35.2. The number of ether oxygens (including phenoxy) is 1. The molecule has 3 aromatic rings. The minimum Gasteiger partial charge on any atom is -0.463 e. The Hall–Kier alpha value is -3.00. The summed E-state index contributed by atoms with van der Waals surface area (Å²) in [5.41, 5.74) is 0.231. The molecule has 2 aliphatic rings. The minimum atomic E-state index is -0.654. The van der Waals surface area contributed by atoms with Gasteiger partial charge in [-0.1, -0.05) is 29.8 Å². The van der Waals surface area contributed by atoms with Gasteiger partial charge >= 0.3 is 0 Å². The van der Waals surface area contributed by atoms with Crippen LogP contribution in [-0.2, 0) is 4.74 Å². The van der Waals surface area contributed by atoms with Crippen molar-refractivity contribution in [2.75, 3.05) is 44.2 Å². The molecular formula is C21H18ClF2N5O. The predicted molar refractivity (Wildman–Crippen MR) is 112 cm³/mol. The SMILES string of the molecule is Fc1ccccc1-c1c(Cl)cc2c(N3CCN(C4=NCCO4)CC3)ncnc2c1F. The number of fused-ring (bicyclic) bond motifs is 1. The zero-order chi connectivity index (χ0) is 20.7. The van der Waals surface area contributed by atoms with E-state index in [4.69, 9.17) is 16.3 Å². The fourth-order valence-electron chi connectivity index (χ4n) is 3.90. The molecule has 0 N–H and O–H groups in total. The standard InChI is InChI=1S/C21H18ClF2N5O/c22-15-11-14-19(18(24)17(15)13-3-1-2-4-16(13)23)26-12-27-20(14)28-6-8-29(9-7-28)21-25-5-10-30-21/h1-4,11-12H,5-10H2. The Morgan fingerprint density at radius 1 is 1.00 bits per heavy atom. The van der Waals surface area contributed by atoms with Crippen molar-refractivity contribution in [2.45, 2.75) is 0 Å². The molecule has 30 heavy (non-hydrogen) atoms. The molecule has 2 aromatic carbocycles. The maximum Gasteiger partial charge on any atom is 0.287 e. The van der Waals surface area contributed by atoms with E-state index in [9.17, 15) is 4.39 Å². The van der Waals surface area contributed by atoms with Crippen molar-refractivity contribution in [1.29, 1.82) is 0 Å². The van der Waals surface area contributed by atoms with Crippen molar-refractivity contribution in [2.24, 2.45) is 4.99 Å². The average molecular weight is 430 g/mol. The van der Waals surface area contributed by atoms with E-state index in [1.807, 2.05) is 0 Å². The number of piperazine rings is 1. The monoisotopic (exact) mass is 429 g/mol. The third kappa shape index (κ3) is 3.21. The Balaban J connectivity index is 1.51. The van der Waals surface area contributed by atoms with Crippen LogP contribution in [0.3, 0.4) is 0 Å². The molecule has 3 heterocycles. The summed E-state index contributed by atoms with van der Waals surface area (Å²) in [6.07, 6.45) is 1.33. The third-order valence-corrected chi connectivity index (χ3v) is 5.66. The van der Waals surface area contributed by atoms with Crippen molar-refractivity contribution >= 4 is 34.3 Å². The van der Waals surface area contributed by atoms with Gasteiger partial charge in [-0.3, -0.25) is 0 Å². The molecule has 2 aliphatic heterocycles. The van der Waals surface area contributed by atoms with Crippen LogP contribution in [0.4, 0.5) is 14.6 Å². The van der Waals surface area contributed by atoms with Crippen molar-refractivity contribution in [3.8, 4) is 11.1 Å². The van der Waals surface area contributed by atoms with Gasteiger partial charge in [0, 0.05) is 42.7 Å². The van der Waals surface area contributed by atoms with Crippen LogP contribution in [0.5, 0.6) is 0 Å². The first-order chi connectivity index (χ1) is 14.6. The fraction of sp³-hybridized carbons (Fsp3) is 0.286. The van der Waals surface area contributed by atoms with Gasteiger partial charge in [0.25, 0.3) is 6.02 Å². The van der Waals surface area contributed by atoms with Gasteiger partial charge < -0.3 is 14.5 Å². The van der Waals surface area contributed by atoms with Gasteiger partial charge in [0.15, 0.2) is 5.82 Å². The van der Waals surface area contributed by atoms with Crippen molar-refractivity contribution in [1.82, 2.24) is 14.9 Å². The normalized spacial score (nSPS) is 16.7. The third-order valence-electron chi connectivity index (χ3n) is 5.36. The van der Waals surface area contributed by atoms with Gasteiger partial charge in [0.1, 0.15) is 30.1 Å². The Labute approximate surface area is 176 Å². The van der Waals surface area contributed by atoms with Gasteiger partial charge in [-0.05, 0) is 12.1 Å². The maximum absolute atomic E-state index is 15.4. The lowest BCUT2D eigenvalue weighted by molar-refractivity contribution is 0.254. The number of rotatable bonds is 2. The Morgan fingerprint density at radius 2 is 1.77 bits per heavy atom. The number of aromatic nitrogens is 2. The van der Waals surface area contributed by atoms with E-state index in [-0.39, 0.29) is 21.7 Å². The lowest BCUT2D eigenvalue weighted by Gasteiger charge is -2.36. The van der Waals surface area contributed by atoms with Crippen LogP contribution in [0, 0.1) is 11.6 Å². The molecule has 1 aromatic heterocycles. The molecule has 1 saturated heterocycles. The van der Waals surface area contributed by atoms with E-state index < -0.39 is 11.6 Å². The van der Waals surface area contributed by atoms with E-state index >= 15 is 4.39 Å². The highest BCUT2D eigenvalue weighted by molar-refractivity contribution is 6.34. The van der Waals surface area contributed by atoms with Crippen molar-refractivity contribution in [3.63, 3.8) is 0 Å². The second kappa shape index (κ2) is 7.68. The smallest absolute Gasteiger partial charge is 0.287 e. The van der Waals surface area contributed by atoms with Gasteiger partial charge in [-0.25, -0.2) is 23.7 Å². The molecule has 0 aliphatic carbocycles. The van der Waals surface area contributed by atoms with E-state index in [2.05, 4.69) is 24.8 Å². The molecule has 0 radical (unpaired) electrons. The zero-order valence-corrected chi connectivity index (χ0v) is 16.7. The van der Waals surface area contributed by atoms with Gasteiger partial charge in [0.2, 0.25) is 0 Å². The summed E-state index contributed by atoms with van der Waals surface area (Å²) in [7, 11) is 0. The predicted octanol–water partition coefficient (Wildman–Crippen LogP) is 3.74. The lowest BCUT2D eigenvalue weighted by atomic mass is 10.0. The molecule has 0 saturated carbocycles. The number of benzene rings is 2. The highest BCUT2D eigenvalue weighted by Gasteiger charge is 2.26. The summed E-state index contributed by atoms with van der Waals surface area (Å²) in [6.45, 7) is 4.08. The largest absolute Gasteiger partial charge is 0.463 e. The molecule has 9 heteroatoms. The van der Waals surface area contributed by atoms with E-state index in [1.54, 1.807) is 18.2 Å². The minimum absolute atomic E-state index is 0.00753. The number of hydrogen-bond acceptors (Lipinski definition) is 6. The van der Waals surface area contributed by atoms with E-state index in [0.29, 0.717) is 56.6 Å². The summed E-state index contributed by atoms with van der Waals surface area (Å²) in [4.78, 5) is 17.0. The first kappa shape index (κ1) is 19.0. The Morgan fingerprint density at radius 3 is 2.50 bits per heavy atom. The van der Waals surface area contributed by atoms with Crippen LogP contribution in [0.15, 0.2) is 41.7 Å². The first-order valence-corrected chi connectivity index (χ1v) is 10.1. The van der Waals surface area contributed by atoms with E-state index in [0.717, 1.165) is 0 Å². The second-order valence-corrected chi connectivity index (χ2v) is 7.51. The van der Waals surface area contributed by atoms with Crippen LogP contribution in [-0.4, -0.2) is 60.2 Å². The van der Waals surface area contributed by atoms with Crippen LogP contribution < -0.4 is 4.90 Å². The molecule has 0 bridgehead atoms. The molecule has 0 unspecified atom stereocenters. The molecule has 6 nitrogen and oxygen atoms in total. The number of anilines is 1. The van der Waals surface area contributed by atoms with Crippen molar-refractivity contribution < 1.29 is 13.5 Å². The molecular weight excluding hydrogens is 412 g/mol. The van der Waals surface area contributed by atoms with Gasteiger partial charge in [0.05, 0.1) is 11.6 Å². The highest BCUT2D eigenvalue weighted by atomic mass is 35.5. The topological polar surface area (TPSA) is 53.9 Å². The van der Waals surface area contributed by atoms with E-state index in [1.165, 1.54) is 18.5 Å². The van der Waals surface area contributed by atoms with Crippen LogP contribution in [0.25, 0.3) is 22.0 Å². The highest BCUT2D eigenvalue weighted by Crippen LogP contribution is 2.38. The number of nitrogens with zero attached hydrogens (tertiary/aromatic N) is 5.